The van der Waals surface area contributed by atoms with E-state index >= 15 is 0 Å². The van der Waals surface area contributed by atoms with E-state index in [0.717, 1.165) is 12.1 Å². The predicted octanol–water partition coefficient (Wildman–Crippen LogP) is 1.99. The van der Waals surface area contributed by atoms with Gasteiger partial charge in [-0.25, -0.2) is 18.4 Å². The number of imide groups is 1. The largest absolute Gasteiger partial charge is 0.358 e. The van der Waals surface area contributed by atoms with E-state index in [1.54, 1.807) is 6.92 Å². The van der Waals surface area contributed by atoms with Crippen LogP contribution in [-0.4, -0.2) is 23.0 Å². The van der Waals surface area contributed by atoms with Crippen LogP contribution < -0.4 is 5.32 Å². The van der Waals surface area contributed by atoms with Crippen LogP contribution in [0.25, 0.3) is 0 Å². The predicted molar refractivity (Wildman–Crippen MR) is 70.1 cm³/mol. The first kappa shape index (κ1) is 15.9. The van der Waals surface area contributed by atoms with Crippen LogP contribution >= 0.6 is 0 Å². The van der Waals surface area contributed by atoms with Crippen LogP contribution in [0.3, 0.4) is 0 Å². The number of nitrogens with zero attached hydrogens (tertiary/aromatic N) is 1. The van der Waals surface area contributed by atoms with Crippen LogP contribution in [0.4, 0.5) is 13.6 Å². The maximum Gasteiger partial charge on any atom is 0.358 e. The van der Waals surface area contributed by atoms with Crippen LogP contribution in [-0.2, 0) is 20.0 Å². The van der Waals surface area contributed by atoms with Crippen LogP contribution in [0.15, 0.2) is 18.2 Å². The molecule has 0 spiro atoms. The molecule has 0 saturated carbocycles. The number of rotatable bonds is 4. The standard InChI is InChI=1S/C14H14F2N2O4/c1-3-4-11(19)22-18-13(21)17-12(20)14(18,2)8-5-9(15)7-10(16)6-8/h5-7H,3-4H2,1-2H3,(H,17,20,21). The Morgan fingerprint density at radius 1 is 1.27 bits per heavy atom. The number of carbonyl (C=O) groups is 3. The van der Waals surface area contributed by atoms with Gasteiger partial charge in [-0.05, 0) is 31.0 Å². The smallest absolute Gasteiger partial charge is 0.335 e. The molecular formula is C14H14F2N2O4. The Bertz CT molecular complexity index is 629. The maximum absolute atomic E-state index is 13.4. The number of nitrogens with one attached hydrogen (secondary N) is 1. The number of hydroxylamine groups is 2. The molecule has 6 nitrogen and oxygen atoms in total. The maximum atomic E-state index is 13.4. The first-order valence-corrected chi connectivity index (χ1v) is 6.62. The Kier molecular flexibility index (Phi) is 4.11. The number of carbonyl (C=O) groups excluding carboxylic acids is 3. The van der Waals surface area contributed by atoms with Crippen molar-refractivity contribution in [2.75, 3.05) is 0 Å². The molecule has 0 radical (unpaired) electrons. The topological polar surface area (TPSA) is 75.7 Å². The van der Waals surface area contributed by atoms with Gasteiger partial charge in [-0.2, -0.15) is 0 Å². The Balaban J connectivity index is 2.44. The molecule has 1 atom stereocenters. The summed E-state index contributed by atoms with van der Waals surface area (Å²) in [5.74, 6) is -3.39. The molecule has 1 aliphatic heterocycles. The third-order valence-corrected chi connectivity index (χ3v) is 3.33. The van der Waals surface area contributed by atoms with Crippen molar-refractivity contribution in [3.8, 4) is 0 Å². The molecule has 8 heteroatoms. The number of hydrogen-bond acceptors (Lipinski definition) is 4. The van der Waals surface area contributed by atoms with Gasteiger partial charge < -0.3 is 4.84 Å². The molecule has 1 fully saturated rings. The summed E-state index contributed by atoms with van der Waals surface area (Å²) in [5.41, 5.74) is -1.98. The average Bonchev–Trinajstić information content (AvgIpc) is 2.62. The molecule has 3 amide bonds. The molecule has 0 aliphatic carbocycles. The number of amides is 3. The number of urea groups is 1. The zero-order valence-corrected chi connectivity index (χ0v) is 12.0. The summed E-state index contributed by atoms with van der Waals surface area (Å²) in [6.07, 6.45) is 0.513. The molecule has 0 bridgehead atoms. The molecule has 22 heavy (non-hydrogen) atoms. The molecule has 1 aromatic rings. The lowest BCUT2D eigenvalue weighted by Crippen LogP contribution is -2.45. The van der Waals surface area contributed by atoms with E-state index in [-0.39, 0.29) is 12.0 Å². The van der Waals surface area contributed by atoms with E-state index in [1.165, 1.54) is 6.92 Å². The lowest BCUT2D eigenvalue weighted by molar-refractivity contribution is -0.193. The van der Waals surface area contributed by atoms with Crippen molar-refractivity contribution >= 4 is 17.9 Å². The zero-order valence-electron chi connectivity index (χ0n) is 12.0. The molecule has 1 aromatic carbocycles. The van der Waals surface area contributed by atoms with Gasteiger partial charge in [-0.3, -0.25) is 10.1 Å². The molecule has 1 heterocycles. The van der Waals surface area contributed by atoms with E-state index in [1.807, 2.05) is 5.32 Å². The molecule has 2 rings (SSSR count). The second-order valence-corrected chi connectivity index (χ2v) is 5.00. The van der Waals surface area contributed by atoms with Gasteiger partial charge in [0.1, 0.15) is 11.6 Å². The highest BCUT2D eigenvalue weighted by molar-refractivity contribution is 6.07. The normalized spacial score (nSPS) is 21.0. The van der Waals surface area contributed by atoms with Gasteiger partial charge in [0.25, 0.3) is 5.91 Å². The van der Waals surface area contributed by atoms with E-state index in [2.05, 4.69) is 0 Å². The van der Waals surface area contributed by atoms with E-state index < -0.39 is 35.1 Å². The molecule has 0 aromatic heterocycles. The minimum absolute atomic E-state index is 0.0333. The van der Waals surface area contributed by atoms with Crippen LogP contribution in [0.1, 0.15) is 32.3 Å². The van der Waals surface area contributed by atoms with Gasteiger partial charge in [0.05, 0.1) is 0 Å². The lowest BCUT2D eigenvalue weighted by Gasteiger charge is -2.30. The summed E-state index contributed by atoms with van der Waals surface area (Å²) in [6, 6.07) is 1.47. The Morgan fingerprint density at radius 3 is 2.41 bits per heavy atom. The lowest BCUT2D eigenvalue weighted by atomic mass is 9.92. The molecule has 1 saturated heterocycles. The van der Waals surface area contributed by atoms with Gasteiger partial charge in [0.15, 0.2) is 5.54 Å². The number of benzene rings is 1. The van der Waals surface area contributed by atoms with Gasteiger partial charge >= 0.3 is 12.0 Å². The Hall–Kier alpha value is -2.51. The van der Waals surface area contributed by atoms with Crippen molar-refractivity contribution in [3.05, 3.63) is 35.4 Å². The van der Waals surface area contributed by atoms with Crippen LogP contribution in [0, 0.1) is 11.6 Å². The van der Waals surface area contributed by atoms with Crippen molar-refractivity contribution in [2.45, 2.75) is 32.2 Å². The third-order valence-electron chi connectivity index (χ3n) is 3.33. The summed E-state index contributed by atoms with van der Waals surface area (Å²) < 4.78 is 26.8. The Morgan fingerprint density at radius 2 is 1.86 bits per heavy atom. The SMILES string of the molecule is CCCC(=O)ON1C(=O)NC(=O)C1(C)c1cc(F)cc(F)c1. The summed E-state index contributed by atoms with van der Waals surface area (Å²) >= 11 is 0. The Labute approximate surface area is 125 Å². The van der Waals surface area contributed by atoms with E-state index in [9.17, 15) is 23.2 Å². The number of halogens is 2. The zero-order chi connectivity index (χ0) is 16.5. The molecule has 1 aliphatic rings. The minimum atomic E-state index is -1.84. The highest BCUT2D eigenvalue weighted by Gasteiger charge is 2.54. The van der Waals surface area contributed by atoms with Gasteiger partial charge in [0, 0.05) is 12.5 Å². The monoisotopic (exact) mass is 312 g/mol. The van der Waals surface area contributed by atoms with E-state index in [4.69, 9.17) is 4.84 Å². The fourth-order valence-corrected chi connectivity index (χ4v) is 2.13. The fourth-order valence-electron chi connectivity index (χ4n) is 2.13. The summed E-state index contributed by atoms with van der Waals surface area (Å²) in [7, 11) is 0. The molecule has 1 unspecified atom stereocenters. The van der Waals surface area contributed by atoms with Gasteiger partial charge in [-0.15, -0.1) is 5.06 Å². The van der Waals surface area contributed by atoms with Crippen molar-refractivity contribution < 1.29 is 28.0 Å². The second-order valence-electron chi connectivity index (χ2n) is 5.00. The van der Waals surface area contributed by atoms with Crippen LogP contribution in [0.2, 0.25) is 0 Å². The molecule has 1 N–H and O–H groups in total. The summed E-state index contributed by atoms with van der Waals surface area (Å²) in [5, 5.41) is 2.48. The van der Waals surface area contributed by atoms with Gasteiger partial charge in [0.2, 0.25) is 0 Å². The van der Waals surface area contributed by atoms with Gasteiger partial charge in [-0.1, -0.05) is 6.92 Å². The molecule has 118 valence electrons. The van der Waals surface area contributed by atoms with E-state index in [0.29, 0.717) is 17.6 Å². The van der Waals surface area contributed by atoms with Crippen molar-refractivity contribution in [3.63, 3.8) is 0 Å². The first-order valence-electron chi connectivity index (χ1n) is 6.62. The number of hydrogen-bond donors (Lipinski definition) is 1. The molecular weight excluding hydrogens is 298 g/mol. The highest BCUT2D eigenvalue weighted by atomic mass is 19.1. The quantitative estimate of drug-likeness (QED) is 0.863. The summed E-state index contributed by atoms with van der Waals surface area (Å²) in [4.78, 5) is 40.4. The van der Waals surface area contributed by atoms with Crippen molar-refractivity contribution in [1.82, 2.24) is 10.4 Å². The first-order chi connectivity index (χ1) is 10.3. The highest BCUT2D eigenvalue weighted by Crippen LogP contribution is 2.34. The minimum Gasteiger partial charge on any atom is -0.335 e. The fraction of sp³-hybridized carbons (Fsp3) is 0.357. The second kappa shape index (κ2) is 5.70. The van der Waals surface area contributed by atoms with Crippen molar-refractivity contribution in [1.29, 1.82) is 0 Å². The third kappa shape index (κ3) is 2.63. The summed E-state index contributed by atoms with van der Waals surface area (Å²) in [6.45, 7) is 2.97. The van der Waals surface area contributed by atoms with Crippen molar-refractivity contribution in [2.24, 2.45) is 0 Å². The average molecular weight is 312 g/mol. The van der Waals surface area contributed by atoms with Crippen LogP contribution in [0.5, 0.6) is 0 Å².